The normalized spacial score (nSPS) is 19.1. The van der Waals surface area contributed by atoms with Gasteiger partial charge in [0.05, 0.1) is 51.1 Å². The van der Waals surface area contributed by atoms with Crippen LogP contribution >= 0.6 is 0 Å². The Morgan fingerprint density at radius 2 is 2.16 bits per heavy atom. The monoisotopic (exact) mass is 439 g/mol. The van der Waals surface area contributed by atoms with Crippen molar-refractivity contribution >= 4 is 29.5 Å². The van der Waals surface area contributed by atoms with Crippen molar-refractivity contribution in [1.29, 1.82) is 0 Å². The van der Waals surface area contributed by atoms with E-state index in [1.165, 1.54) is 23.1 Å². The number of methoxy groups -OCH3 is 1. The van der Waals surface area contributed by atoms with Crippen LogP contribution in [0.25, 0.3) is 0 Å². The van der Waals surface area contributed by atoms with Gasteiger partial charge in [-0.2, -0.15) is 0 Å². The molecule has 1 aromatic carbocycles. The molecule has 3 amide bonds. The molecular formula is C19H26FN5O6. The van der Waals surface area contributed by atoms with E-state index < -0.39 is 24.1 Å². The van der Waals surface area contributed by atoms with E-state index in [0.717, 1.165) is 0 Å². The predicted molar refractivity (Wildman–Crippen MR) is 108 cm³/mol. The zero-order valence-electron chi connectivity index (χ0n) is 17.2. The van der Waals surface area contributed by atoms with Gasteiger partial charge in [-0.05, 0) is 18.2 Å². The molecule has 0 aliphatic carbocycles. The molecule has 0 spiro atoms. The lowest BCUT2D eigenvalue weighted by atomic mass is 10.2. The maximum absolute atomic E-state index is 14.9. The number of nitrogens with zero attached hydrogens (tertiary/aromatic N) is 3. The second kappa shape index (κ2) is 10.3. The summed E-state index contributed by atoms with van der Waals surface area (Å²) in [6.45, 7) is 1.69. The highest BCUT2D eigenvalue weighted by atomic mass is 19.1. The molecule has 12 heteroatoms. The van der Waals surface area contributed by atoms with Gasteiger partial charge in [0.25, 0.3) is 0 Å². The van der Waals surface area contributed by atoms with E-state index in [1.54, 1.807) is 12.1 Å². The molecule has 1 aromatic rings. The largest absolute Gasteiger partial charge is 0.453 e. The zero-order chi connectivity index (χ0) is 22.4. The Morgan fingerprint density at radius 1 is 1.35 bits per heavy atom. The number of hydrogen-bond acceptors (Lipinski definition) is 8. The second-order valence-corrected chi connectivity index (χ2v) is 7.04. The number of aliphatic hydroxyl groups is 1. The van der Waals surface area contributed by atoms with Gasteiger partial charge in [0, 0.05) is 19.6 Å². The molecule has 1 atom stereocenters. The van der Waals surface area contributed by atoms with Crippen molar-refractivity contribution in [3.8, 4) is 0 Å². The molecule has 0 aromatic heterocycles. The van der Waals surface area contributed by atoms with Crippen molar-refractivity contribution in [2.24, 2.45) is 0 Å². The minimum Gasteiger partial charge on any atom is -0.453 e. The summed E-state index contributed by atoms with van der Waals surface area (Å²) >= 11 is 0. The molecule has 2 aliphatic rings. The average molecular weight is 439 g/mol. The quantitative estimate of drug-likeness (QED) is 0.568. The third kappa shape index (κ3) is 5.52. The second-order valence-electron chi connectivity index (χ2n) is 7.04. The van der Waals surface area contributed by atoms with Crippen LogP contribution in [-0.4, -0.2) is 87.3 Å². The molecule has 3 N–H and O–H groups in total. The first-order chi connectivity index (χ1) is 14.9. The topological polar surface area (TPSA) is 124 Å². The lowest BCUT2D eigenvalue weighted by Gasteiger charge is -2.24. The lowest BCUT2D eigenvalue weighted by molar-refractivity contribution is -0.134. The Hall–Kier alpha value is -3.12. The summed E-state index contributed by atoms with van der Waals surface area (Å²) in [5.41, 5.74) is 3.68. The van der Waals surface area contributed by atoms with Crippen LogP contribution < -0.4 is 20.5 Å². The minimum atomic E-state index is -0.631. The van der Waals surface area contributed by atoms with Crippen LogP contribution in [0.3, 0.4) is 0 Å². The molecule has 0 saturated carbocycles. The number of hydrogen-bond donors (Lipinski definition) is 3. The van der Waals surface area contributed by atoms with E-state index in [2.05, 4.69) is 15.5 Å². The van der Waals surface area contributed by atoms with Gasteiger partial charge in [0.1, 0.15) is 11.9 Å². The number of carbonyl (C=O) groups excluding carboxylic acids is 3. The van der Waals surface area contributed by atoms with Crippen molar-refractivity contribution in [2.45, 2.75) is 12.5 Å². The molecule has 2 saturated heterocycles. The molecule has 170 valence electrons. The van der Waals surface area contributed by atoms with Gasteiger partial charge in [-0.3, -0.25) is 14.7 Å². The molecule has 11 nitrogen and oxygen atoms in total. The third-order valence-corrected chi connectivity index (χ3v) is 5.02. The first-order valence-electron chi connectivity index (χ1n) is 9.92. The van der Waals surface area contributed by atoms with Crippen molar-refractivity contribution in [2.75, 3.05) is 62.8 Å². The minimum absolute atomic E-state index is 0.0259. The number of aliphatic hydroxyl groups excluding tert-OH is 1. The number of carbonyl (C=O) groups is 3. The number of anilines is 2. The highest BCUT2D eigenvalue weighted by molar-refractivity contribution is 5.90. The van der Waals surface area contributed by atoms with E-state index in [9.17, 15) is 18.8 Å². The van der Waals surface area contributed by atoms with E-state index in [-0.39, 0.29) is 32.0 Å². The van der Waals surface area contributed by atoms with Crippen LogP contribution in [0.1, 0.15) is 6.42 Å². The molecule has 0 radical (unpaired) electrons. The first-order valence-corrected chi connectivity index (χ1v) is 9.92. The Kier molecular flexibility index (Phi) is 7.47. The molecule has 2 fully saturated rings. The Balaban J connectivity index is 1.63. The third-order valence-electron chi connectivity index (χ3n) is 5.02. The lowest BCUT2D eigenvalue weighted by Crippen LogP contribution is -2.43. The van der Waals surface area contributed by atoms with Crippen molar-refractivity contribution in [3.63, 3.8) is 0 Å². The summed E-state index contributed by atoms with van der Waals surface area (Å²) in [5.74, 6) is -0.722. The van der Waals surface area contributed by atoms with Crippen molar-refractivity contribution in [3.05, 3.63) is 24.0 Å². The summed E-state index contributed by atoms with van der Waals surface area (Å²) in [4.78, 5) is 38.4. The van der Waals surface area contributed by atoms with Gasteiger partial charge >= 0.3 is 12.2 Å². The number of cyclic esters (lactones) is 1. The molecule has 2 aliphatic heterocycles. The van der Waals surface area contributed by atoms with E-state index in [4.69, 9.17) is 9.84 Å². The Bertz CT molecular complexity index is 825. The predicted octanol–water partition coefficient (Wildman–Crippen LogP) is 0.0425. The Morgan fingerprint density at radius 3 is 2.87 bits per heavy atom. The molecule has 31 heavy (non-hydrogen) atoms. The van der Waals surface area contributed by atoms with E-state index in [0.29, 0.717) is 37.6 Å². The van der Waals surface area contributed by atoms with Crippen LogP contribution in [0.15, 0.2) is 18.2 Å². The number of hydrazine groups is 1. The number of amides is 3. The molecular weight excluding hydrogens is 413 g/mol. The number of ether oxygens (including phenoxy) is 2. The van der Waals surface area contributed by atoms with Crippen LogP contribution in [0.2, 0.25) is 0 Å². The maximum Gasteiger partial charge on any atom is 0.414 e. The fourth-order valence-electron chi connectivity index (χ4n) is 3.44. The number of alkyl carbamates (subject to hydrolysis) is 1. The van der Waals surface area contributed by atoms with Crippen LogP contribution in [0.5, 0.6) is 0 Å². The van der Waals surface area contributed by atoms with Gasteiger partial charge in [-0.15, -0.1) is 0 Å². The van der Waals surface area contributed by atoms with Gasteiger partial charge in [-0.1, -0.05) is 0 Å². The number of halogens is 1. The summed E-state index contributed by atoms with van der Waals surface area (Å²) in [7, 11) is 1.23. The van der Waals surface area contributed by atoms with Gasteiger partial charge in [0.2, 0.25) is 5.91 Å². The van der Waals surface area contributed by atoms with Crippen LogP contribution in [0, 0.1) is 5.82 Å². The van der Waals surface area contributed by atoms with Crippen molar-refractivity contribution in [1.82, 2.24) is 15.8 Å². The summed E-state index contributed by atoms with van der Waals surface area (Å²) in [5, 5.41) is 12.8. The van der Waals surface area contributed by atoms with E-state index in [1.807, 2.05) is 4.90 Å². The number of benzene rings is 1. The number of nitrogens with one attached hydrogen (secondary N) is 2. The van der Waals surface area contributed by atoms with Gasteiger partial charge in [-0.25, -0.2) is 19.4 Å². The van der Waals surface area contributed by atoms with Crippen LogP contribution in [-0.2, 0) is 14.3 Å². The molecule has 0 unspecified atom stereocenters. The molecule has 0 bridgehead atoms. The number of rotatable bonds is 6. The summed E-state index contributed by atoms with van der Waals surface area (Å²) in [6.07, 6.45) is -1.80. The fraction of sp³-hybridized carbons (Fsp3) is 0.526. The smallest absolute Gasteiger partial charge is 0.414 e. The van der Waals surface area contributed by atoms with Crippen molar-refractivity contribution < 1.29 is 33.4 Å². The molecule has 2 heterocycles. The zero-order valence-corrected chi connectivity index (χ0v) is 17.2. The van der Waals surface area contributed by atoms with Crippen LogP contribution in [0.4, 0.5) is 25.4 Å². The summed E-state index contributed by atoms with van der Waals surface area (Å²) in [6, 6.07) is 4.48. The highest BCUT2D eigenvalue weighted by Gasteiger charge is 2.33. The Labute approximate surface area is 178 Å². The molecule has 3 rings (SSSR count). The summed E-state index contributed by atoms with van der Waals surface area (Å²) < 4.78 is 24.6. The fourth-order valence-corrected chi connectivity index (χ4v) is 3.44. The maximum atomic E-state index is 14.9. The van der Waals surface area contributed by atoms with Gasteiger partial charge in [0.15, 0.2) is 0 Å². The highest BCUT2D eigenvalue weighted by Crippen LogP contribution is 2.28. The standard InChI is InChI=1S/C19H26FN5O6/c1-30-18(28)21-11-14-12-24(19(29)31-14)13-2-3-16(15(20)10-13)23-6-5-22-25(8-7-23)17(27)4-9-26/h2-3,10,14,22,26H,4-9,11-12H2,1H3,(H,21,28)/t14-/m0/s1. The SMILES string of the molecule is COC(=O)NC[C@H]1CN(c2ccc(N3CCNN(C(=O)CCO)CC3)c(F)c2)C(=O)O1. The average Bonchev–Trinajstić information content (AvgIpc) is 2.96. The first kappa shape index (κ1) is 22.6. The van der Waals surface area contributed by atoms with E-state index >= 15 is 0 Å². The van der Waals surface area contributed by atoms with Gasteiger partial charge < -0.3 is 24.8 Å².